The van der Waals surface area contributed by atoms with Gasteiger partial charge >= 0.3 is 0 Å². The molecule has 4 nitrogen and oxygen atoms in total. The van der Waals surface area contributed by atoms with Crippen LogP contribution in [0.5, 0.6) is 0 Å². The Morgan fingerprint density at radius 1 is 1.44 bits per heavy atom. The van der Waals surface area contributed by atoms with Crippen molar-refractivity contribution in [1.82, 2.24) is 14.5 Å². The minimum Gasteiger partial charge on any atom is -0.388 e. The molecule has 0 radical (unpaired) electrons. The number of rotatable bonds is 3. The van der Waals surface area contributed by atoms with Gasteiger partial charge in [-0.25, -0.2) is 9.97 Å². The van der Waals surface area contributed by atoms with Crippen molar-refractivity contribution in [2.75, 3.05) is 0 Å². The molecule has 0 saturated carbocycles. The molecular weight excluding hydrogens is 226 g/mol. The second-order valence-electron chi connectivity index (χ2n) is 3.59. The second-order valence-corrected chi connectivity index (χ2v) is 3.98. The van der Waals surface area contributed by atoms with Gasteiger partial charge < -0.3 is 9.67 Å². The van der Waals surface area contributed by atoms with Crippen molar-refractivity contribution in [2.45, 2.75) is 12.5 Å². The highest BCUT2D eigenvalue weighted by Gasteiger charge is 2.11. The molecule has 16 heavy (non-hydrogen) atoms. The van der Waals surface area contributed by atoms with Gasteiger partial charge in [-0.3, -0.25) is 0 Å². The molecule has 2 aromatic heterocycles. The van der Waals surface area contributed by atoms with Crippen LogP contribution in [0, 0.1) is 0 Å². The Hall–Kier alpha value is -1.39. The van der Waals surface area contributed by atoms with Crippen LogP contribution in [0.4, 0.5) is 0 Å². The van der Waals surface area contributed by atoms with Crippen molar-refractivity contribution in [3.05, 3.63) is 47.3 Å². The fourth-order valence-corrected chi connectivity index (χ4v) is 1.58. The number of halogens is 1. The van der Waals surface area contributed by atoms with E-state index in [9.17, 15) is 5.11 Å². The Morgan fingerprint density at radius 3 is 2.81 bits per heavy atom. The van der Waals surface area contributed by atoms with Crippen molar-refractivity contribution >= 4 is 11.6 Å². The first-order valence-corrected chi connectivity index (χ1v) is 5.30. The van der Waals surface area contributed by atoms with Crippen LogP contribution in [0.15, 0.2) is 30.7 Å². The molecule has 1 N–H and O–H groups in total. The lowest BCUT2D eigenvalue weighted by atomic mass is 10.1. The van der Waals surface area contributed by atoms with Gasteiger partial charge in [-0.2, -0.15) is 0 Å². The normalized spacial score (nSPS) is 12.7. The topological polar surface area (TPSA) is 50.9 Å². The highest BCUT2D eigenvalue weighted by molar-refractivity contribution is 6.29. The van der Waals surface area contributed by atoms with Crippen LogP contribution < -0.4 is 0 Å². The quantitative estimate of drug-likeness (QED) is 0.828. The molecule has 1 unspecified atom stereocenters. The summed E-state index contributed by atoms with van der Waals surface area (Å²) in [6, 6.07) is 3.43. The average molecular weight is 238 g/mol. The smallest absolute Gasteiger partial charge is 0.129 e. The van der Waals surface area contributed by atoms with Gasteiger partial charge in [0.2, 0.25) is 0 Å². The molecule has 1 atom stereocenters. The Bertz CT molecular complexity index is 466. The van der Waals surface area contributed by atoms with Crippen LogP contribution in [0.2, 0.25) is 5.15 Å². The summed E-state index contributed by atoms with van der Waals surface area (Å²) in [6.45, 7) is 0. The summed E-state index contributed by atoms with van der Waals surface area (Å²) in [4.78, 5) is 8.09. The Labute approximate surface area is 98.5 Å². The number of aliphatic hydroxyl groups is 1. The van der Waals surface area contributed by atoms with E-state index in [-0.39, 0.29) is 0 Å². The summed E-state index contributed by atoms with van der Waals surface area (Å²) in [5.41, 5.74) is 0.743. The molecule has 5 heteroatoms. The van der Waals surface area contributed by atoms with Gasteiger partial charge in [0.25, 0.3) is 0 Å². The van der Waals surface area contributed by atoms with E-state index in [1.165, 1.54) is 0 Å². The lowest BCUT2D eigenvalue weighted by Gasteiger charge is -2.10. The van der Waals surface area contributed by atoms with Crippen LogP contribution in [-0.4, -0.2) is 19.6 Å². The summed E-state index contributed by atoms with van der Waals surface area (Å²) >= 11 is 5.68. The molecule has 0 aliphatic rings. The Morgan fingerprint density at radius 2 is 2.25 bits per heavy atom. The fourth-order valence-electron chi connectivity index (χ4n) is 1.47. The van der Waals surface area contributed by atoms with Gasteiger partial charge in [-0.15, -0.1) is 0 Å². The van der Waals surface area contributed by atoms with E-state index < -0.39 is 6.10 Å². The van der Waals surface area contributed by atoms with E-state index in [0.29, 0.717) is 11.6 Å². The second kappa shape index (κ2) is 4.63. The highest BCUT2D eigenvalue weighted by Crippen LogP contribution is 2.17. The third-order valence-corrected chi connectivity index (χ3v) is 2.66. The van der Waals surface area contributed by atoms with E-state index in [1.54, 1.807) is 24.5 Å². The SMILES string of the molecule is Cn1ccnc1CC(O)c1ccc(Cl)nc1. The maximum atomic E-state index is 9.97. The zero-order chi connectivity index (χ0) is 11.5. The van der Waals surface area contributed by atoms with Gasteiger partial charge in [0.05, 0.1) is 6.10 Å². The van der Waals surface area contributed by atoms with E-state index in [0.717, 1.165) is 11.4 Å². The van der Waals surface area contributed by atoms with Crippen molar-refractivity contribution in [3.63, 3.8) is 0 Å². The molecule has 0 aromatic carbocycles. The number of nitrogens with zero attached hydrogens (tertiary/aromatic N) is 3. The Balaban J connectivity index is 2.11. The number of hydrogen-bond acceptors (Lipinski definition) is 3. The lowest BCUT2D eigenvalue weighted by Crippen LogP contribution is -2.06. The average Bonchev–Trinajstić information content (AvgIpc) is 2.65. The first-order valence-electron chi connectivity index (χ1n) is 4.92. The minimum absolute atomic E-state index is 0.424. The van der Waals surface area contributed by atoms with E-state index in [1.807, 2.05) is 17.8 Å². The summed E-state index contributed by atoms with van der Waals surface area (Å²) in [5.74, 6) is 0.836. The van der Waals surface area contributed by atoms with Crippen LogP contribution in [-0.2, 0) is 13.5 Å². The molecule has 0 fully saturated rings. The van der Waals surface area contributed by atoms with Gasteiger partial charge in [-0.1, -0.05) is 17.7 Å². The van der Waals surface area contributed by atoms with Crippen molar-refractivity contribution in [1.29, 1.82) is 0 Å². The maximum Gasteiger partial charge on any atom is 0.129 e. The molecule has 84 valence electrons. The van der Waals surface area contributed by atoms with E-state index in [4.69, 9.17) is 11.6 Å². The number of hydrogen-bond donors (Lipinski definition) is 1. The number of aromatic nitrogens is 3. The zero-order valence-corrected chi connectivity index (χ0v) is 9.59. The third-order valence-electron chi connectivity index (χ3n) is 2.43. The zero-order valence-electron chi connectivity index (χ0n) is 8.84. The van der Waals surface area contributed by atoms with Crippen molar-refractivity contribution in [2.24, 2.45) is 7.05 Å². The molecule has 0 aliphatic carbocycles. The molecule has 2 heterocycles. The third kappa shape index (κ3) is 2.40. The summed E-state index contributed by atoms with van der Waals surface area (Å²) in [7, 11) is 1.90. The molecule has 2 rings (SSSR count). The number of imidazole rings is 1. The molecular formula is C11H12ClN3O. The number of aryl methyl sites for hydroxylation is 1. The van der Waals surface area contributed by atoms with Crippen molar-refractivity contribution in [3.8, 4) is 0 Å². The largest absolute Gasteiger partial charge is 0.388 e. The fraction of sp³-hybridized carbons (Fsp3) is 0.273. The predicted molar refractivity (Wildman–Crippen MR) is 61.1 cm³/mol. The van der Waals surface area contributed by atoms with Gasteiger partial charge in [0.15, 0.2) is 0 Å². The molecule has 2 aromatic rings. The number of pyridine rings is 1. The number of aliphatic hydroxyl groups excluding tert-OH is 1. The summed E-state index contributed by atoms with van der Waals surface area (Å²) < 4.78 is 1.88. The van der Waals surface area contributed by atoms with E-state index >= 15 is 0 Å². The minimum atomic E-state index is -0.606. The predicted octanol–water partition coefficient (Wildman–Crippen LogP) is 1.74. The molecule has 0 spiro atoms. The van der Waals surface area contributed by atoms with Crippen LogP contribution in [0.1, 0.15) is 17.5 Å². The highest BCUT2D eigenvalue weighted by atomic mass is 35.5. The lowest BCUT2D eigenvalue weighted by molar-refractivity contribution is 0.174. The standard InChI is InChI=1S/C11H12ClN3O/c1-15-5-4-13-11(15)6-9(16)8-2-3-10(12)14-7-8/h2-5,7,9,16H,6H2,1H3. The van der Waals surface area contributed by atoms with Crippen molar-refractivity contribution < 1.29 is 5.11 Å². The van der Waals surface area contributed by atoms with Gasteiger partial charge in [-0.05, 0) is 11.6 Å². The Kier molecular flexibility index (Phi) is 3.22. The summed E-state index contributed by atoms with van der Waals surface area (Å²) in [5, 5.41) is 10.4. The molecule has 0 saturated heterocycles. The van der Waals surface area contributed by atoms with Crippen LogP contribution in [0.25, 0.3) is 0 Å². The summed E-state index contributed by atoms with van der Waals surface area (Å²) in [6.07, 6.45) is 5.00. The molecule has 0 bridgehead atoms. The maximum absolute atomic E-state index is 9.97. The monoisotopic (exact) mass is 237 g/mol. The van der Waals surface area contributed by atoms with Gasteiger partial charge in [0, 0.05) is 32.1 Å². The molecule has 0 aliphatic heterocycles. The first kappa shape index (κ1) is 11.1. The van der Waals surface area contributed by atoms with E-state index in [2.05, 4.69) is 9.97 Å². The van der Waals surface area contributed by atoms with Gasteiger partial charge in [0.1, 0.15) is 11.0 Å². The first-order chi connectivity index (χ1) is 7.66. The van der Waals surface area contributed by atoms with Crippen LogP contribution >= 0.6 is 11.6 Å². The van der Waals surface area contributed by atoms with Crippen LogP contribution in [0.3, 0.4) is 0 Å². The molecule has 0 amide bonds.